The Hall–Kier alpha value is -0.960. The van der Waals surface area contributed by atoms with Crippen LogP contribution in [0.3, 0.4) is 0 Å². The molecule has 1 aliphatic heterocycles. The molecule has 2 heterocycles. The Morgan fingerprint density at radius 2 is 2.37 bits per heavy atom. The fourth-order valence-electron chi connectivity index (χ4n) is 1.99. The molecule has 0 aliphatic carbocycles. The molecule has 1 saturated heterocycles. The van der Waals surface area contributed by atoms with Crippen molar-refractivity contribution in [3.05, 3.63) is 17.5 Å². The molecule has 2 N–H and O–H groups in total. The van der Waals surface area contributed by atoms with E-state index in [-0.39, 0.29) is 24.4 Å². The fraction of sp³-hybridized carbons (Fsp3) is 0.727. The minimum Gasteiger partial charge on any atom is -0.374 e. The van der Waals surface area contributed by atoms with Gasteiger partial charge in [-0.3, -0.25) is 0 Å². The van der Waals surface area contributed by atoms with Gasteiger partial charge in [-0.25, -0.2) is 8.42 Å². The molecule has 8 heteroatoms. The number of nitrogens with two attached hydrogens (primary N) is 1. The summed E-state index contributed by atoms with van der Waals surface area (Å²) in [4.78, 5) is 0. The second-order valence-corrected chi connectivity index (χ2v) is 6.78. The van der Waals surface area contributed by atoms with Crippen LogP contribution in [-0.2, 0) is 20.5 Å². The lowest BCUT2D eigenvalue weighted by Crippen LogP contribution is -2.51. The number of morpholine rings is 1. The van der Waals surface area contributed by atoms with Crippen molar-refractivity contribution in [2.24, 2.45) is 5.73 Å². The third kappa shape index (κ3) is 3.53. The van der Waals surface area contributed by atoms with Crippen molar-refractivity contribution >= 4 is 10.0 Å². The molecule has 1 fully saturated rings. The number of nitrogens with zero attached hydrogens (tertiary/aromatic N) is 2. The molecule has 0 radical (unpaired) electrons. The van der Waals surface area contributed by atoms with Crippen molar-refractivity contribution < 1.29 is 17.7 Å². The van der Waals surface area contributed by atoms with Gasteiger partial charge < -0.3 is 15.0 Å². The van der Waals surface area contributed by atoms with Crippen molar-refractivity contribution in [3.8, 4) is 0 Å². The van der Waals surface area contributed by atoms with Crippen LogP contribution in [0.4, 0.5) is 0 Å². The Labute approximate surface area is 112 Å². The van der Waals surface area contributed by atoms with Crippen molar-refractivity contribution in [1.82, 2.24) is 9.46 Å². The highest BCUT2D eigenvalue weighted by Gasteiger charge is 2.31. The highest BCUT2D eigenvalue weighted by atomic mass is 32.2. The summed E-state index contributed by atoms with van der Waals surface area (Å²) in [5.41, 5.74) is 6.17. The first kappa shape index (κ1) is 14.4. The van der Waals surface area contributed by atoms with Gasteiger partial charge in [0.05, 0.1) is 12.7 Å². The molecular weight excluding hydrogens is 270 g/mol. The van der Waals surface area contributed by atoms with E-state index >= 15 is 0 Å². The van der Waals surface area contributed by atoms with E-state index in [9.17, 15) is 8.42 Å². The second-order valence-electron chi connectivity index (χ2n) is 4.81. The molecule has 1 aromatic rings. The van der Waals surface area contributed by atoms with Gasteiger partial charge in [0.15, 0.2) is 0 Å². The van der Waals surface area contributed by atoms with Crippen LogP contribution in [0.15, 0.2) is 10.6 Å². The van der Waals surface area contributed by atoms with E-state index in [2.05, 4.69) is 5.16 Å². The molecule has 0 bridgehead atoms. The van der Waals surface area contributed by atoms with Crippen LogP contribution in [0.5, 0.6) is 0 Å². The molecule has 1 aromatic heterocycles. The average Bonchev–Trinajstić information content (AvgIpc) is 2.74. The van der Waals surface area contributed by atoms with Gasteiger partial charge in [0.1, 0.15) is 17.2 Å². The third-order valence-electron chi connectivity index (χ3n) is 3.04. The highest BCUT2D eigenvalue weighted by Crippen LogP contribution is 2.16. The standard InChI is InChI=1S/C11H19N3O4S/c1-8-5-10(13-18-8)7-19(15,16)14-3-4-17-11(6-14)9(2)12/h5,9,11H,3-4,6-7,12H2,1-2H3. The van der Waals surface area contributed by atoms with E-state index in [4.69, 9.17) is 15.0 Å². The number of hydrogen-bond donors (Lipinski definition) is 1. The molecule has 1 aliphatic rings. The van der Waals surface area contributed by atoms with E-state index in [1.54, 1.807) is 13.0 Å². The normalized spacial score (nSPS) is 23.4. The lowest BCUT2D eigenvalue weighted by atomic mass is 10.2. The molecule has 2 rings (SSSR count). The van der Waals surface area contributed by atoms with Crippen molar-refractivity contribution in [1.29, 1.82) is 0 Å². The van der Waals surface area contributed by atoms with Gasteiger partial charge in [0.2, 0.25) is 10.0 Å². The zero-order chi connectivity index (χ0) is 14.0. The Kier molecular flexibility index (Phi) is 4.24. The smallest absolute Gasteiger partial charge is 0.220 e. The molecule has 0 spiro atoms. The number of aryl methyl sites for hydroxylation is 1. The van der Waals surface area contributed by atoms with Crippen molar-refractivity contribution in [2.75, 3.05) is 19.7 Å². The zero-order valence-electron chi connectivity index (χ0n) is 11.1. The predicted molar refractivity (Wildman–Crippen MR) is 68.8 cm³/mol. The summed E-state index contributed by atoms with van der Waals surface area (Å²) in [5.74, 6) is 0.441. The average molecular weight is 289 g/mol. The second kappa shape index (κ2) is 5.58. The monoisotopic (exact) mass is 289 g/mol. The Morgan fingerprint density at radius 3 is 2.95 bits per heavy atom. The first-order chi connectivity index (χ1) is 8.88. The number of sulfonamides is 1. The lowest BCUT2D eigenvalue weighted by molar-refractivity contribution is -0.0120. The summed E-state index contributed by atoms with van der Waals surface area (Å²) < 4.78 is 36.3. The van der Waals surface area contributed by atoms with E-state index in [0.717, 1.165) is 0 Å². The minimum atomic E-state index is -3.41. The molecule has 7 nitrogen and oxygen atoms in total. The van der Waals surface area contributed by atoms with Crippen LogP contribution >= 0.6 is 0 Å². The van der Waals surface area contributed by atoms with E-state index in [1.165, 1.54) is 4.31 Å². The molecule has 0 saturated carbocycles. The molecule has 108 valence electrons. The Morgan fingerprint density at radius 1 is 1.63 bits per heavy atom. The minimum absolute atomic E-state index is 0.157. The molecule has 2 unspecified atom stereocenters. The third-order valence-corrected chi connectivity index (χ3v) is 4.82. The molecule has 19 heavy (non-hydrogen) atoms. The molecule has 0 aromatic carbocycles. The number of hydrogen-bond acceptors (Lipinski definition) is 6. The van der Waals surface area contributed by atoms with Crippen molar-refractivity contribution in [2.45, 2.75) is 31.7 Å². The largest absolute Gasteiger partial charge is 0.374 e. The first-order valence-corrected chi connectivity index (χ1v) is 7.76. The van der Waals surface area contributed by atoms with Crippen molar-refractivity contribution in [3.63, 3.8) is 0 Å². The maximum atomic E-state index is 12.3. The quantitative estimate of drug-likeness (QED) is 0.828. The number of rotatable bonds is 4. The van der Waals surface area contributed by atoms with Crippen LogP contribution in [0.1, 0.15) is 18.4 Å². The van der Waals surface area contributed by atoms with Gasteiger partial charge in [0.25, 0.3) is 0 Å². The molecular formula is C11H19N3O4S. The van der Waals surface area contributed by atoms with E-state index < -0.39 is 10.0 Å². The van der Waals surface area contributed by atoms with Gasteiger partial charge >= 0.3 is 0 Å². The summed E-state index contributed by atoms with van der Waals surface area (Å²) >= 11 is 0. The van der Waals surface area contributed by atoms with Crippen LogP contribution in [0.2, 0.25) is 0 Å². The van der Waals surface area contributed by atoms with E-state index in [0.29, 0.717) is 24.6 Å². The summed E-state index contributed by atoms with van der Waals surface area (Å²) in [6.45, 7) is 4.54. The summed E-state index contributed by atoms with van der Waals surface area (Å²) in [6.07, 6.45) is -0.262. The maximum absolute atomic E-state index is 12.3. The first-order valence-electron chi connectivity index (χ1n) is 6.15. The summed E-state index contributed by atoms with van der Waals surface area (Å²) in [5, 5.41) is 3.71. The van der Waals surface area contributed by atoms with Gasteiger partial charge in [-0.15, -0.1) is 0 Å². The zero-order valence-corrected chi connectivity index (χ0v) is 11.9. The predicted octanol–water partition coefficient (Wildman–Crippen LogP) is -0.139. The lowest BCUT2D eigenvalue weighted by Gasteiger charge is -2.33. The van der Waals surface area contributed by atoms with Gasteiger partial charge in [0, 0.05) is 25.2 Å². The SMILES string of the molecule is Cc1cc(CS(=O)(=O)N2CCOC(C(C)N)C2)no1. The van der Waals surface area contributed by atoms with Crippen LogP contribution in [0, 0.1) is 6.92 Å². The molecule has 0 amide bonds. The summed E-state index contributed by atoms with van der Waals surface area (Å²) in [6, 6.07) is 1.42. The van der Waals surface area contributed by atoms with Crippen LogP contribution in [-0.4, -0.2) is 49.7 Å². The fourth-order valence-corrected chi connectivity index (χ4v) is 3.40. The number of ether oxygens (including phenoxy) is 1. The van der Waals surface area contributed by atoms with Crippen LogP contribution < -0.4 is 5.73 Å². The Bertz CT molecular complexity index is 526. The highest BCUT2D eigenvalue weighted by molar-refractivity contribution is 7.88. The Balaban J connectivity index is 2.06. The van der Waals surface area contributed by atoms with Crippen LogP contribution in [0.25, 0.3) is 0 Å². The van der Waals surface area contributed by atoms with Gasteiger partial charge in [-0.1, -0.05) is 5.16 Å². The topological polar surface area (TPSA) is 98.7 Å². The number of aromatic nitrogens is 1. The molecule has 2 atom stereocenters. The maximum Gasteiger partial charge on any atom is 0.220 e. The van der Waals surface area contributed by atoms with Gasteiger partial charge in [-0.2, -0.15) is 4.31 Å². The summed E-state index contributed by atoms with van der Waals surface area (Å²) in [7, 11) is -3.41. The van der Waals surface area contributed by atoms with E-state index in [1.807, 2.05) is 6.92 Å². The van der Waals surface area contributed by atoms with Gasteiger partial charge in [-0.05, 0) is 13.8 Å².